The van der Waals surface area contributed by atoms with Crippen molar-refractivity contribution in [3.05, 3.63) is 47.9 Å². The van der Waals surface area contributed by atoms with E-state index >= 15 is 0 Å². The number of amides is 1. The number of rotatable bonds is 4. The molecule has 0 atom stereocenters. The highest BCUT2D eigenvalue weighted by molar-refractivity contribution is 5.91. The zero-order chi connectivity index (χ0) is 14.7. The van der Waals surface area contributed by atoms with E-state index in [-0.39, 0.29) is 18.2 Å². The van der Waals surface area contributed by atoms with Crippen molar-refractivity contribution in [1.29, 1.82) is 0 Å². The van der Waals surface area contributed by atoms with Gasteiger partial charge in [0.1, 0.15) is 0 Å². The van der Waals surface area contributed by atoms with Crippen molar-refractivity contribution in [3.63, 3.8) is 0 Å². The van der Waals surface area contributed by atoms with E-state index in [2.05, 4.69) is 25.6 Å². The summed E-state index contributed by atoms with van der Waals surface area (Å²) in [4.78, 5) is 19.9. The van der Waals surface area contributed by atoms with Gasteiger partial charge < -0.3 is 14.4 Å². The van der Waals surface area contributed by atoms with Crippen molar-refractivity contribution in [2.24, 2.45) is 0 Å². The molecule has 3 aromatic rings. The molecular weight excluding hydrogens is 274 g/mol. The molecule has 0 saturated carbocycles. The maximum atomic E-state index is 11.8. The molecule has 0 spiro atoms. The largest absolute Gasteiger partial charge is 0.351 e. The van der Waals surface area contributed by atoms with Gasteiger partial charge in [-0.2, -0.15) is 4.98 Å². The van der Waals surface area contributed by atoms with Gasteiger partial charge in [0.05, 0.1) is 12.2 Å². The van der Waals surface area contributed by atoms with E-state index in [1.807, 2.05) is 0 Å². The van der Waals surface area contributed by atoms with Crippen LogP contribution in [0, 0.1) is 6.92 Å². The first-order valence-corrected chi connectivity index (χ1v) is 6.17. The lowest BCUT2D eigenvalue weighted by Crippen LogP contribution is -2.22. The monoisotopic (exact) mass is 285 g/mol. The second kappa shape index (κ2) is 5.53. The van der Waals surface area contributed by atoms with E-state index in [4.69, 9.17) is 9.05 Å². The van der Waals surface area contributed by atoms with Crippen LogP contribution >= 0.6 is 0 Å². The van der Waals surface area contributed by atoms with Gasteiger partial charge in [0.2, 0.25) is 17.5 Å². The van der Waals surface area contributed by atoms with Crippen molar-refractivity contribution >= 4 is 5.91 Å². The second-order valence-corrected chi connectivity index (χ2v) is 4.26. The summed E-state index contributed by atoms with van der Waals surface area (Å²) >= 11 is 0. The summed E-state index contributed by atoms with van der Waals surface area (Å²) in [7, 11) is 0. The SMILES string of the molecule is Cc1cc(C(=O)NCc2nc(-c3ccncc3)no2)on1. The molecule has 0 aromatic carbocycles. The number of aryl methyl sites for hydroxylation is 1. The Hall–Kier alpha value is -3.03. The Kier molecular flexibility index (Phi) is 3.42. The Bertz CT molecular complexity index is 750. The fraction of sp³-hybridized carbons (Fsp3) is 0.154. The quantitative estimate of drug-likeness (QED) is 0.771. The Morgan fingerprint density at radius 1 is 1.24 bits per heavy atom. The van der Waals surface area contributed by atoms with Crippen molar-refractivity contribution in [3.8, 4) is 11.4 Å². The standard InChI is InChI=1S/C13H11N5O3/c1-8-6-10(20-17-8)13(19)15-7-11-16-12(18-21-11)9-2-4-14-5-3-9/h2-6H,7H2,1H3,(H,15,19). The van der Waals surface area contributed by atoms with E-state index in [1.54, 1.807) is 37.5 Å². The molecule has 8 nitrogen and oxygen atoms in total. The van der Waals surface area contributed by atoms with Crippen LogP contribution in [0.15, 0.2) is 39.6 Å². The molecule has 8 heteroatoms. The van der Waals surface area contributed by atoms with Crippen LogP contribution in [0.25, 0.3) is 11.4 Å². The molecule has 0 unspecified atom stereocenters. The molecule has 3 rings (SSSR count). The first-order valence-electron chi connectivity index (χ1n) is 6.17. The molecule has 0 aliphatic heterocycles. The van der Waals surface area contributed by atoms with Crippen LogP contribution in [-0.2, 0) is 6.54 Å². The average Bonchev–Trinajstić information content (AvgIpc) is 3.15. The molecular formula is C13H11N5O3. The van der Waals surface area contributed by atoms with Crippen LogP contribution in [0.2, 0.25) is 0 Å². The maximum Gasteiger partial charge on any atom is 0.290 e. The fourth-order valence-corrected chi connectivity index (χ4v) is 1.66. The van der Waals surface area contributed by atoms with Crippen molar-refractivity contribution in [1.82, 2.24) is 25.6 Å². The van der Waals surface area contributed by atoms with Crippen LogP contribution in [0.5, 0.6) is 0 Å². The molecule has 0 bridgehead atoms. The van der Waals surface area contributed by atoms with E-state index < -0.39 is 0 Å². The van der Waals surface area contributed by atoms with Gasteiger partial charge in [-0.05, 0) is 19.1 Å². The molecule has 0 fully saturated rings. The number of pyridine rings is 1. The molecule has 0 aliphatic rings. The van der Waals surface area contributed by atoms with Crippen LogP contribution in [0.1, 0.15) is 22.1 Å². The van der Waals surface area contributed by atoms with E-state index in [0.717, 1.165) is 5.56 Å². The fourth-order valence-electron chi connectivity index (χ4n) is 1.66. The zero-order valence-electron chi connectivity index (χ0n) is 11.1. The van der Waals surface area contributed by atoms with Crippen molar-refractivity contribution in [2.45, 2.75) is 13.5 Å². The van der Waals surface area contributed by atoms with Gasteiger partial charge >= 0.3 is 0 Å². The number of carbonyl (C=O) groups is 1. The van der Waals surface area contributed by atoms with Gasteiger partial charge in [-0.15, -0.1) is 0 Å². The number of aromatic nitrogens is 4. The summed E-state index contributed by atoms with van der Waals surface area (Å²) in [6.45, 7) is 1.84. The summed E-state index contributed by atoms with van der Waals surface area (Å²) in [6.07, 6.45) is 3.28. The van der Waals surface area contributed by atoms with Crippen molar-refractivity contribution in [2.75, 3.05) is 0 Å². The first-order chi connectivity index (χ1) is 10.2. The lowest BCUT2D eigenvalue weighted by Gasteiger charge is -1.96. The van der Waals surface area contributed by atoms with Crippen molar-refractivity contribution < 1.29 is 13.8 Å². The lowest BCUT2D eigenvalue weighted by molar-refractivity contribution is 0.0909. The van der Waals surface area contributed by atoms with Crippen LogP contribution in [0.4, 0.5) is 0 Å². The maximum absolute atomic E-state index is 11.8. The molecule has 21 heavy (non-hydrogen) atoms. The highest BCUT2D eigenvalue weighted by atomic mass is 16.5. The van der Waals surface area contributed by atoms with E-state index in [1.165, 1.54) is 0 Å². The summed E-state index contributed by atoms with van der Waals surface area (Å²) in [5.74, 6) is 0.490. The van der Waals surface area contributed by atoms with Gasteiger partial charge in [0.15, 0.2) is 0 Å². The van der Waals surface area contributed by atoms with Crippen LogP contribution < -0.4 is 5.32 Å². The molecule has 3 aromatic heterocycles. The Labute approximate surface area is 119 Å². The number of carbonyl (C=O) groups excluding carboxylic acids is 1. The molecule has 1 N–H and O–H groups in total. The Morgan fingerprint density at radius 3 is 2.76 bits per heavy atom. The second-order valence-electron chi connectivity index (χ2n) is 4.26. The number of nitrogens with one attached hydrogen (secondary N) is 1. The smallest absolute Gasteiger partial charge is 0.290 e. The highest BCUT2D eigenvalue weighted by Gasteiger charge is 2.13. The van der Waals surface area contributed by atoms with Gasteiger partial charge in [-0.25, -0.2) is 0 Å². The third-order valence-corrected chi connectivity index (χ3v) is 2.66. The molecule has 0 aliphatic carbocycles. The van der Waals surface area contributed by atoms with Gasteiger partial charge in [-0.1, -0.05) is 10.3 Å². The molecule has 0 radical (unpaired) electrons. The molecule has 3 heterocycles. The van der Waals surface area contributed by atoms with Crippen LogP contribution in [0.3, 0.4) is 0 Å². The summed E-state index contributed by atoms with van der Waals surface area (Å²) in [5, 5.41) is 10.1. The summed E-state index contributed by atoms with van der Waals surface area (Å²) in [6, 6.07) is 5.08. The Balaban J connectivity index is 1.64. The predicted molar refractivity (Wildman–Crippen MR) is 69.9 cm³/mol. The predicted octanol–water partition coefficient (Wildman–Crippen LogP) is 1.36. The van der Waals surface area contributed by atoms with Gasteiger partial charge in [0.25, 0.3) is 5.91 Å². The summed E-state index contributed by atoms with van der Waals surface area (Å²) in [5.41, 5.74) is 1.43. The average molecular weight is 285 g/mol. The normalized spacial score (nSPS) is 10.5. The van der Waals surface area contributed by atoms with Crippen LogP contribution in [-0.4, -0.2) is 26.2 Å². The zero-order valence-corrected chi connectivity index (χ0v) is 11.1. The number of hydrogen-bond acceptors (Lipinski definition) is 7. The van der Waals surface area contributed by atoms with E-state index in [0.29, 0.717) is 17.4 Å². The first kappa shape index (κ1) is 13.0. The lowest BCUT2D eigenvalue weighted by atomic mass is 10.2. The summed E-state index contributed by atoms with van der Waals surface area (Å²) < 4.78 is 9.92. The minimum Gasteiger partial charge on any atom is -0.351 e. The van der Waals surface area contributed by atoms with E-state index in [9.17, 15) is 4.79 Å². The molecule has 106 valence electrons. The topological polar surface area (TPSA) is 107 Å². The minimum atomic E-state index is -0.390. The number of hydrogen-bond donors (Lipinski definition) is 1. The molecule has 1 amide bonds. The van der Waals surface area contributed by atoms with Gasteiger partial charge in [-0.3, -0.25) is 9.78 Å². The minimum absolute atomic E-state index is 0.108. The third-order valence-electron chi connectivity index (χ3n) is 2.66. The Morgan fingerprint density at radius 2 is 2.05 bits per heavy atom. The number of nitrogens with zero attached hydrogens (tertiary/aromatic N) is 4. The molecule has 0 saturated heterocycles. The van der Waals surface area contributed by atoms with Gasteiger partial charge in [0, 0.05) is 24.0 Å². The highest BCUT2D eigenvalue weighted by Crippen LogP contribution is 2.13. The third kappa shape index (κ3) is 2.94.